The van der Waals surface area contributed by atoms with Gasteiger partial charge in [0.15, 0.2) is 0 Å². The van der Waals surface area contributed by atoms with Crippen molar-refractivity contribution in [1.29, 1.82) is 0 Å². The first-order valence-electron chi connectivity index (χ1n) is 6.21. The fourth-order valence-corrected chi connectivity index (χ4v) is 13.5. The van der Waals surface area contributed by atoms with E-state index >= 15 is 0 Å². The smallest absolute Gasteiger partial charge is 0.145 e. The van der Waals surface area contributed by atoms with E-state index in [0.29, 0.717) is 0 Å². The minimum absolute atomic E-state index is 1.19. The van der Waals surface area contributed by atoms with Crippen LogP contribution < -0.4 is 4.65 Å². The Balaban J connectivity index is 3.05. The lowest BCUT2D eigenvalue weighted by atomic mass is 10.2. The molecule has 0 atom stereocenters. The molecule has 16 heavy (non-hydrogen) atoms. The van der Waals surface area contributed by atoms with Crippen LogP contribution in [-0.2, 0) is 0 Å². The van der Waals surface area contributed by atoms with Crippen molar-refractivity contribution < 1.29 is 0 Å². The molecule has 0 spiro atoms. The highest BCUT2D eigenvalue weighted by Gasteiger charge is 2.35. The van der Waals surface area contributed by atoms with Gasteiger partial charge in [-0.25, -0.2) is 0 Å². The van der Waals surface area contributed by atoms with Crippen LogP contribution in [0, 0.1) is 0 Å². The minimum atomic E-state index is -1.44. The van der Waals surface area contributed by atoms with E-state index in [1.165, 1.54) is 6.42 Å². The molecule has 0 radical (unpaired) electrons. The van der Waals surface area contributed by atoms with E-state index in [1.54, 1.807) is 21.9 Å². The second-order valence-electron chi connectivity index (χ2n) is 6.74. The molecular weight excluding hydrogens is 226 g/mol. The van der Waals surface area contributed by atoms with Gasteiger partial charge in [-0.15, -0.1) is 0 Å². The summed E-state index contributed by atoms with van der Waals surface area (Å²) in [5.41, 5.74) is 4.75. The number of rotatable bonds is 3. The van der Waals surface area contributed by atoms with Gasteiger partial charge < -0.3 is 4.65 Å². The third-order valence-corrected chi connectivity index (χ3v) is 10.8. The average molecular weight is 254 g/mol. The molecule has 0 heterocycles. The van der Waals surface area contributed by atoms with E-state index < -0.39 is 16.5 Å². The van der Waals surface area contributed by atoms with Crippen LogP contribution in [0.2, 0.25) is 32.7 Å². The number of nitrogens with one attached hydrogen (secondary N) is 1. The quantitative estimate of drug-likeness (QED) is 0.743. The van der Waals surface area contributed by atoms with Gasteiger partial charge in [0, 0.05) is 0 Å². The molecule has 0 saturated heterocycles. The first-order valence-corrected chi connectivity index (χ1v) is 12.7. The van der Waals surface area contributed by atoms with Gasteiger partial charge in [0.25, 0.3) is 0 Å². The molecule has 0 aliphatic heterocycles. The van der Waals surface area contributed by atoms with Crippen molar-refractivity contribution in [2.24, 2.45) is 0 Å². The van der Waals surface area contributed by atoms with Gasteiger partial charge in [-0.3, -0.25) is 0 Å². The molecule has 1 N–H and O–H groups in total. The van der Waals surface area contributed by atoms with Gasteiger partial charge in [0.2, 0.25) is 0 Å². The Labute approximate surface area is 103 Å². The Morgan fingerprint density at radius 3 is 1.69 bits per heavy atom. The van der Waals surface area contributed by atoms with E-state index in [-0.39, 0.29) is 0 Å². The second kappa shape index (κ2) is 4.28. The average Bonchev–Trinajstić information content (AvgIpc) is 2.20. The Morgan fingerprint density at radius 1 is 0.875 bits per heavy atom. The van der Waals surface area contributed by atoms with Crippen LogP contribution in [0.5, 0.6) is 0 Å². The Kier molecular flexibility index (Phi) is 3.73. The predicted octanol–water partition coefficient (Wildman–Crippen LogP) is 4.21. The molecule has 0 unspecified atom stereocenters. The highest BCUT2D eigenvalue weighted by molar-refractivity contribution is 6.94. The van der Waals surface area contributed by atoms with E-state index in [1.807, 2.05) is 0 Å². The maximum Gasteiger partial charge on any atom is 0.145 e. The molecule has 0 bridgehead atoms. The van der Waals surface area contributed by atoms with Crippen molar-refractivity contribution in [3.05, 3.63) is 21.9 Å². The monoisotopic (exact) mass is 253 g/mol. The van der Waals surface area contributed by atoms with Crippen molar-refractivity contribution in [1.82, 2.24) is 4.65 Å². The topological polar surface area (TPSA) is 12.0 Å². The fraction of sp³-hybridized carbons (Fsp3) is 0.692. The minimum Gasteiger partial charge on any atom is -0.356 e. The summed E-state index contributed by atoms with van der Waals surface area (Å²) < 4.78 is 4.00. The third kappa shape index (κ3) is 2.96. The maximum absolute atomic E-state index is 4.00. The summed E-state index contributed by atoms with van der Waals surface area (Å²) in [6.07, 6.45) is 1.20. The molecule has 0 fully saturated rings. The van der Waals surface area contributed by atoms with Crippen LogP contribution in [0.1, 0.15) is 27.2 Å². The molecule has 1 aliphatic rings. The van der Waals surface area contributed by atoms with Crippen molar-refractivity contribution in [3.8, 4) is 0 Å². The zero-order chi connectivity index (χ0) is 12.7. The zero-order valence-corrected chi connectivity index (χ0v) is 14.2. The SMILES string of the molecule is CC1=C(C)C([Si](C)(C)N[Si](C)(C)C)=C(C)C1. The molecule has 0 aromatic rings. The maximum atomic E-state index is 4.00. The summed E-state index contributed by atoms with van der Waals surface area (Å²) in [6, 6.07) is 0. The van der Waals surface area contributed by atoms with Crippen LogP contribution in [0.25, 0.3) is 0 Å². The Hall–Kier alpha value is -0.126. The molecule has 1 nitrogen and oxygen atoms in total. The third-order valence-electron chi connectivity index (χ3n) is 3.28. The van der Waals surface area contributed by atoms with Gasteiger partial charge >= 0.3 is 0 Å². The van der Waals surface area contributed by atoms with Gasteiger partial charge in [0.05, 0.1) is 0 Å². The van der Waals surface area contributed by atoms with Crippen LogP contribution in [0.3, 0.4) is 0 Å². The largest absolute Gasteiger partial charge is 0.356 e. The summed E-state index contributed by atoms with van der Waals surface area (Å²) >= 11 is 0. The van der Waals surface area contributed by atoms with Gasteiger partial charge in [0.1, 0.15) is 16.5 Å². The summed E-state index contributed by atoms with van der Waals surface area (Å²) in [7, 11) is -2.63. The van der Waals surface area contributed by atoms with Crippen LogP contribution >= 0.6 is 0 Å². The van der Waals surface area contributed by atoms with E-state index in [2.05, 4.69) is 58.2 Å². The van der Waals surface area contributed by atoms with Crippen molar-refractivity contribution >= 4 is 16.5 Å². The zero-order valence-electron chi connectivity index (χ0n) is 12.2. The highest BCUT2D eigenvalue weighted by atomic mass is 28.4. The molecule has 0 aromatic carbocycles. The summed E-state index contributed by atoms with van der Waals surface area (Å²) in [5.74, 6) is 0. The molecular formula is C13H27NSi2. The molecule has 0 aromatic heterocycles. The standard InChI is InChI=1S/C13H27NSi2/c1-10-9-11(2)13(12(10)3)16(7,8)14-15(4,5)6/h14H,9H2,1-8H3. The Morgan fingerprint density at radius 2 is 1.38 bits per heavy atom. The van der Waals surface area contributed by atoms with Crippen LogP contribution in [-0.4, -0.2) is 16.5 Å². The molecule has 3 heteroatoms. The van der Waals surface area contributed by atoms with Crippen molar-refractivity contribution in [3.63, 3.8) is 0 Å². The lowest BCUT2D eigenvalue weighted by molar-refractivity contribution is 1.14. The van der Waals surface area contributed by atoms with Crippen LogP contribution in [0.15, 0.2) is 21.9 Å². The molecule has 0 saturated carbocycles. The molecule has 0 amide bonds. The fourth-order valence-electron chi connectivity index (χ4n) is 3.15. The molecule has 1 rings (SSSR count). The van der Waals surface area contributed by atoms with Gasteiger partial charge in [-0.2, -0.15) is 0 Å². The first-order chi connectivity index (χ1) is 7.04. The lowest BCUT2D eigenvalue weighted by Gasteiger charge is -2.34. The predicted molar refractivity (Wildman–Crippen MR) is 79.7 cm³/mol. The van der Waals surface area contributed by atoms with E-state index in [4.69, 9.17) is 0 Å². The van der Waals surface area contributed by atoms with E-state index in [0.717, 1.165) is 0 Å². The highest BCUT2D eigenvalue weighted by Crippen LogP contribution is 2.36. The van der Waals surface area contributed by atoms with Gasteiger partial charge in [-0.1, -0.05) is 49.5 Å². The number of hydrogen-bond acceptors (Lipinski definition) is 1. The number of allylic oxidation sites excluding steroid dienone is 4. The summed E-state index contributed by atoms with van der Waals surface area (Å²) in [4.78, 5) is 0. The summed E-state index contributed by atoms with van der Waals surface area (Å²) in [6.45, 7) is 19.0. The lowest BCUT2D eigenvalue weighted by Crippen LogP contribution is -2.58. The van der Waals surface area contributed by atoms with Crippen molar-refractivity contribution in [2.75, 3.05) is 0 Å². The Bertz CT molecular complexity index is 357. The van der Waals surface area contributed by atoms with Gasteiger partial charge in [-0.05, 0) is 32.4 Å². The first kappa shape index (κ1) is 13.9. The van der Waals surface area contributed by atoms with E-state index in [9.17, 15) is 0 Å². The normalized spacial score (nSPS) is 18.8. The van der Waals surface area contributed by atoms with Crippen LogP contribution in [0.4, 0.5) is 0 Å². The second-order valence-corrected chi connectivity index (χ2v) is 16.0. The number of hydrogen-bond donors (Lipinski definition) is 1. The van der Waals surface area contributed by atoms with Crippen molar-refractivity contribution in [2.45, 2.75) is 59.9 Å². The summed E-state index contributed by atoms with van der Waals surface area (Å²) in [5, 5.41) is 1.69. The molecule has 1 aliphatic carbocycles. The molecule has 92 valence electrons.